The first-order valence-corrected chi connectivity index (χ1v) is 9.15. The predicted octanol–water partition coefficient (Wildman–Crippen LogP) is 3.66. The van der Waals surface area contributed by atoms with E-state index in [-0.39, 0.29) is 0 Å². The Morgan fingerprint density at radius 3 is 2.00 bits per heavy atom. The molecule has 1 aliphatic heterocycles. The molecule has 2 aliphatic carbocycles. The van der Waals surface area contributed by atoms with Crippen molar-refractivity contribution in [1.82, 2.24) is 10.2 Å². The van der Waals surface area contributed by atoms with Crippen molar-refractivity contribution < 1.29 is 0 Å². The average molecular weight is 278 g/mol. The monoisotopic (exact) mass is 278 g/mol. The first-order chi connectivity index (χ1) is 9.65. The largest absolute Gasteiger partial charge is 0.311 e. The molecule has 2 saturated carbocycles. The van der Waals surface area contributed by atoms with Gasteiger partial charge in [-0.3, -0.25) is 0 Å². The number of fused-ring (bicyclic) bond motifs is 2. The standard InChI is InChI=1S/C18H34N2/c1-13(2)20-11-16-9-6-10-17(12-20)18(16)19-14(3)15-7-4-5-8-15/h13-19H,4-12H2,1-3H3. The summed E-state index contributed by atoms with van der Waals surface area (Å²) >= 11 is 0. The molecule has 0 radical (unpaired) electrons. The van der Waals surface area contributed by atoms with Crippen LogP contribution in [-0.2, 0) is 0 Å². The summed E-state index contributed by atoms with van der Waals surface area (Å²) in [7, 11) is 0. The molecule has 2 heteroatoms. The van der Waals surface area contributed by atoms with Gasteiger partial charge in [0.25, 0.3) is 0 Å². The lowest BCUT2D eigenvalue weighted by molar-refractivity contribution is 0.0228. The van der Waals surface area contributed by atoms with Gasteiger partial charge in [0.15, 0.2) is 0 Å². The Bertz CT molecular complexity index is 295. The summed E-state index contributed by atoms with van der Waals surface area (Å²) in [6, 6.07) is 2.29. The second-order valence-corrected chi connectivity index (χ2v) is 8.02. The van der Waals surface area contributed by atoms with Gasteiger partial charge in [0, 0.05) is 31.2 Å². The molecule has 0 aromatic carbocycles. The van der Waals surface area contributed by atoms with Crippen LogP contribution in [0.2, 0.25) is 0 Å². The zero-order chi connectivity index (χ0) is 14.1. The molecule has 1 heterocycles. The highest BCUT2D eigenvalue weighted by Crippen LogP contribution is 2.37. The van der Waals surface area contributed by atoms with Crippen LogP contribution in [0.15, 0.2) is 0 Å². The van der Waals surface area contributed by atoms with Crippen molar-refractivity contribution in [1.29, 1.82) is 0 Å². The van der Waals surface area contributed by atoms with Crippen molar-refractivity contribution in [2.75, 3.05) is 13.1 Å². The predicted molar refractivity (Wildman–Crippen MR) is 85.9 cm³/mol. The Morgan fingerprint density at radius 1 is 0.850 bits per heavy atom. The van der Waals surface area contributed by atoms with Crippen LogP contribution in [0.5, 0.6) is 0 Å². The van der Waals surface area contributed by atoms with Crippen LogP contribution in [0, 0.1) is 17.8 Å². The number of rotatable bonds is 4. The van der Waals surface area contributed by atoms with Crippen molar-refractivity contribution in [3.8, 4) is 0 Å². The topological polar surface area (TPSA) is 15.3 Å². The minimum Gasteiger partial charge on any atom is -0.311 e. The maximum absolute atomic E-state index is 4.10. The molecular formula is C18H34N2. The van der Waals surface area contributed by atoms with Gasteiger partial charge in [-0.2, -0.15) is 0 Å². The first-order valence-electron chi connectivity index (χ1n) is 9.15. The fourth-order valence-corrected chi connectivity index (χ4v) is 5.06. The zero-order valence-corrected chi connectivity index (χ0v) is 13.8. The lowest BCUT2D eigenvalue weighted by Gasteiger charge is -2.50. The van der Waals surface area contributed by atoms with E-state index in [0.29, 0.717) is 0 Å². The van der Waals surface area contributed by atoms with Gasteiger partial charge >= 0.3 is 0 Å². The minimum atomic E-state index is 0.728. The molecule has 0 spiro atoms. The summed E-state index contributed by atoms with van der Waals surface area (Å²) in [5.41, 5.74) is 0. The number of nitrogens with one attached hydrogen (secondary N) is 1. The molecule has 3 aliphatic rings. The minimum absolute atomic E-state index is 0.728. The number of hydrogen-bond donors (Lipinski definition) is 1. The molecule has 116 valence electrons. The molecular weight excluding hydrogens is 244 g/mol. The Labute approximate surface area is 125 Å². The summed E-state index contributed by atoms with van der Waals surface area (Å²) in [5.74, 6) is 2.78. The van der Waals surface area contributed by atoms with Gasteiger partial charge in [-0.05, 0) is 64.2 Å². The molecule has 0 aromatic heterocycles. The highest BCUT2D eigenvalue weighted by atomic mass is 15.2. The summed E-state index contributed by atoms with van der Waals surface area (Å²) in [5, 5.41) is 4.10. The average Bonchev–Trinajstić information content (AvgIpc) is 2.91. The van der Waals surface area contributed by atoms with Crippen LogP contribution >= 0.6 is 0 Å². The van der Waals surface area contributed by atoms with Gasteiger partial charge in [0.05, 0.1) is 0 Å². The van der Waals surface area contributed by atoms with E-state index in [1.807, 2.05) is 0 Å². The van der Waals surface area contributed by atoms with E-state index in [9.17, 15) is 0 Å². The van der Waals surface area contributed by atoms with E-state index in [1.54, 1.807) is 0 Å². The molecule has 0 amide bonds. The van der Waals surface area contributed by atoms with Crippen LogP contribution in [0.25, 0.3) is 0 Å². The molecule has 2 bridgehead atoms. The molecule has 0 aromatic rings. The fraction of sp³-hybridized carbons (Fsp3) is 1.00. The maximum Gasteiger partial charge on any atom is 0.0151 e. The molecule has 3 rings (SSSR count). The Hall–Kier alpha value is -0.0800. The Balaban J connectivity index is 1.61. The van der Waals surface area contributed by atoms with Crippen LogP contribution in [0.3, 0.4) is 0 Å². The van der Waals surface area contributed by atoms with Crippen LogP contribution in [-0.4, -0.2) is 36.1 Å². The van der Waals surface area contributed by atoms with Crippen molar-refractivity contribution in [2.24, 2.45) is 17.8 Å². The normalized spacial score (nSPS) is 37.5. The molecule has 3 unspecified atom stereocenters. The number of hydrogen-bond acceptors (Lipinski definition) is 2. The Kier molecular flexibility index (Phi) is 4.72. The summed E-state index contributed by atoms with van der Waals surface area (Å²) < 4.78 is 0. The van der Waals surface area contributed by atoms with E-state index in [2.05, 4.69) is 31.0 Å². The van der Waals surface area contributed by atoms with E-state index >= 15 is 0 Å². The van der Waals surface area contributed by atoms with Gasteiger partial charge in [0.1, 0.15) is 0 Å². The highest BCUT2D eigenvalue weighted by Gasteiger charge is 2.41. The summed E-state index contributed by atoms with van der Waals surface area (Å²) in [6.07, 6.45) is 10.2. The summed E-state index contributed by atoms with van der Waals surface area (Å²) in [4.78, 5) is 2.73. The van der Waals surface area contributed by atoms with Gasteiger partial charge in [-0.15, -0.1) is 0 Å². The van der Waals surface area contributed by atoms with Crippen LogP contribution < -0.4 is 5.32 Å². The fourth-order valence-electron chi connectivity index (χ4n) is 5.06. The van der Waals surface area contributed by atoms with Gasteiger partial charge in [-0.25, -0.2) is 0 Å². The molecule has 2 nitrogen and oxygen atoms in total. The quantitative estimate of drug-likeness (QED) is 0.844. The number of likely N-dealkylation sites (tertiary alicyclic amines) is 1. The SMILES string of the molecule is CC(NC1C2CCCC1CN(C(C)C)C2)C1CCCC1. The third-order valence-electron chi connectivity index (χ3n) is 6.40. The molecule has 1 N–H and O–H groups in total. The molecule has 1 saturated heterocycles. The third-order valence-corrected chi connectivity index (χ3v) is 6.40. The number of nitrogens with zero attached hydrogens (tertiary/aromatic N) is 1. The van der Waals surface area contributed by atoms with Crippen molar-refractivity contribution in [3.05, 3.63) is 0 Å². The smallest absolute Gasteiger partial charge is 0.0151 e. The molecule has 20 heavy (non-hydrogen) atoms. The van der Waals surface area contributed by atoms with Crippen molar-refractivity contribution >= 4 is 0 Å². The summed E-state index contributed by atoms with van der Waals surface area (Å²) in [6.45, 7) is 9.86. The van der Waals surface area contributed by atoms with E-state index < -0.39 is 0 Å². The Morgan fingerprint density at radius 2 is 1.45 bits per heavy atom. The third kappa shape index (κ3) is 3.06. The van der Waals surface area contributed by atoms with Gasteiger partial charge < -0.3 is 10.2 Å². The zero-order valence-electron chi connectivity index (χ0n) is 13.8. The highest BCUT2D eigenvalue weighted by molar-refractivity contribution is 4.97. The van der Waals surface area contributed by atoms with E-state index in [0.717, 1.165) is 35.9 Å². The molecule has 3 fully saturated rings. The number of piperidine rings is 1. The second-order valence-electron chi connectivity index (χ2n) is 8.02. The lowest BCUT2D eigenvalue weighted by Crippen LogP contribution is -2.60. The van der Waals surface area contributed by atoms with Crippen molar-refractivity contribution in [2.45, 2.75) is 83.8 Å². The lowest BCUT2D eigenvalue weighted by atomic mass is 9.72. The molecule has 3 atom stereocenters. The van der Waals surface area contributed by atoms with Gasteiger partial charge in [-0.1, -0.05) is 19.3 Å². The van der Waals surface area contributed by atoms with Crippen LogP contribution in [0.4, 0.5) is 0 Å². The second kappa shape index (κ2) is 6.36. The van der Waals surface area contributed by atoms with Gasteiger partial charge in [0.2, 0.25) is 0 Å². The first kappa shape index (κ1) is 14.8. The maximum atomic E-state index is 4.10. The van der Waals surface area contributed by atoms with Crippen molar-refractivity contribution in [3.63, 3.8) is 0 Å². The van der Waals surface area contributed by atoms with E-state index in [4.69, 9.17) is 0 Å². The van der Waals surface area contributed by atoms with Crippen LogP contribution in [0.1, 0.15) is 65.7 Å². The van der Waals surface area contributed by atoms with E-state index in [1.165, 1.54) is 58.0 Å².